The van der Waals surface area contributed by atoms with Gasteiger partial charge < -0.3 is 14.6 Å². The summed E-state index contributed by atoms with van der Waals surface area (Å²) in [5.74, 6) is 1.90. The Kier molecular flexibility index (Phi) is 8.27. The first-order valence-electron chi connectivity index (χ1n) is 12.1. The van der Waals surface area contributed by atoms with Crippen molar-refractivity contribution >= 4 is 16.9 Å². The van der Waals surface area contributed by atoms with E-state index in [1.165, 1.54) is 5.56 Å². The molecule has 0 saturated carbocycles. The lowest BCUT2D eigenvalue weighted by atomic mass is 10.2. The summed E-state index contributed by atoms with van der Waals surface area (Å²) in [6.45, 7) is 4.36. The molecule has 0 fully saturated rings. The number of imidazole rings is 1. The quantitative estimate of drug-likeness (QED) is 0.297. The Morgan fingerprint density at radius 1 is 1.00 bits per heavy atom. The zero-order valence-electron chi connectivity index (χ0n) is 19.7. The van der Waals surface area contributed by atoms with Crippen LogP contribution in [0.2, 0.25) is 0 Å². The molecule has 1 amide bonds. The average molecular weight is 457 g/mol. The van der Waals surface area contributed by atoms with Crippen LogP contribution in [0.25, 0.3) is 11.0 Å². The number of fused-ring (bicyclic) bond motifs is 1. The number of carbonyl (C=O) groups is 1. The second-order valence-electron chi connectivity index (χ2n) is 8.32. The van der Waals surface area contributed by atoms with E-state index in [1.807, 2.05) is 18.2 Å². The van der Waals surface area contributed by atoms with E-state index in [1.54, 1.807) is 24.5 Å². The molecular formula is C28H32N4O2. The molecule has 176 valence electrons. The molecule has 1 N–H and O–H groups in total. The Labute approximate surface area is 201 Å². The number of nitrogens with zero attached hydrogens (tertiary/aromatic N) is 3. The number of carbonyl (C=O) groups excluding carboxylic acids is 1. The largest absolute Gasteiger partial charge is 0.494 e. The number of benzene rings is 2. The van der Waals surface area contributed by atoms with Crippen molar-refractivity contribution in [1.29, 1.82) is 0 Å². The first-order valence-corrected chi connectivity index (χ1v) is 12.1. The van der Waals surface area contributed by atoms with Crippen LogP contribution in [0.3, 0.4) is 0 Å². The number of hydrogen-bond acceptors (Lipinski definition) is 4. The first-order chi connectivity index (χ1) is 16.7. The summed E-state index contributed by atoms with van der Waals surface area (Å²) >= 11 is 0. The molecular weight excluding hydrogens is 424 g/mol. The van der Waals surface area contributed by atoms with Crippen molar-refractivity contribution in [1.82, 2.24) is 19.9 Å². The van der Waals surface area contributed by atoms with Gasteiger partial charge in [0.15, 0.2) is 0 Å². The lowest BCUT2D eigenvalue weighted by Crippen LogP contribution is -2.25. The van der Waals surface area contributed by atoms with E-state index in [4.69, 9.17) is 9.72 Å². The van der Waals surface area contributed by atoms with E-state index in [9.17, 15) is 4.79 Å². The highest BCUT2D eigenvalue weighted by molar-refractivity contribution is 5.93. The first kappa shape index (κ1) is 23.5. The molecule has 6 nitrogen and oxygen atoms in total. The molecule has 0 aliphatic heterocycles. The van der Waals surface area contributed by atoms with E-state index in [0.29, 0.717) is 18.7 Å². The Morgan fingerprint density at radius 3 is 2.65 bits per heavy atom. The Bertz CT molecular complexity index is 1190. The summed E-state index contributed by atoms with van der Waals surface area (Å²) in [5.41, 5.74) is 4.08. The third kappa shape index (κ3) is 6.22. The van der Waals surface area contributed by atoms with Gasteiger partial charge in [-0.1, -0.05) is 31.2 Å². The number of aromatic nitrogens is 3. The maximum atomic E-state index is 12.2. The molecule has 0 atom stereocenters. The minimum absolute atomic E-state index is 0.0917. The third-order valence-corrected chi connectivity index (χ3v) is 5.90. The summed E-state index contributed by atoms with van der Waals surface area (Å²) in [5, 5.41) is 2.97. The molecule has 2 heterocycles. The Balaban J connectivity index is 1.27. The standard InChI is InChI=1S/C28H32N4O2/c1-2-22-13-15-24(16-14-22)34-20-6-5-19-32-26-11-4-3-10-25(26)31-27(32)12-8-18-30-28(33)23-9-7-17-29-21-23/h3-4,7,9-11,13-17,21H,2,5-6,8,12,18-20H2,1H3,(H,30,33). The van der Waals surface area contributed by atoms with Crippen molar-refractivity contribution < 1.29 is 9.53 Å². The van der Waals surface area contributed by atoms with E-state index >= 15 is 0 Å². The molecule has 0 aliphatic carbocycles. The van der Waals surface area contributed by atoms with Crippen LogP contribution in [0.5, 0.6) is 5.75 Å². The summed E-state index contributed by atoms with van der Waals surface area (Å²) in [6.07, 6.45) is 7.91. The van der Waals surface area contributed by atoms with Gasteiger partial charge in [-0.05, 0) is 67.6 Å². The van der Waals surface area contributed by atoms with Gasteiger partial charge in [0.1, 0.15) is 11.6 Å². The molecule has 2 aromatic carbocycles. The van der Waals surface area contributed by atoms with Crippen LogP contribution < -0.4 is 10.1 Å². The summed E-state index contributed by atoms with van der Waals surface area (Å²) in [7, 11) is 0. The van der Waals surface area contributed by atoms with Gasteiger partial charge >= 0.3 is 0 Å². The molecule has 0 spiro atoms. The smallest absolute Gasteiger partial charge is 0.252 e. The Morgan fingerprint density at radius 2 is 1.85 bits per heavy atom. The maximum absolute atomic E-state index is 12.2. The van der Waals surface area contributed by atoms with Crippen LogP contribution in [-0.2, 0) is 19.4 Å². The summed E-state index contributed by atoms with van der Waals surface area (Å²) in [6, 6.07) is 20.1. The number of para-hydroxylation sites is 2. The van der Waals surface area contributed by atoms with Crippen LogP contribution in [0.4, 0.5) is 0 Å². The van der Waals surface area contributed by atoms with Crippen molar-refractivity contribution in [2.45, 2.75) is 45.6 Å². The fourth-order valence-corrected chi connectivity index (χ4v) is 4.00. The molecule has 0 saturated heterocycles. The molecule has 6 heteroatoms. The van der Waals surface area contributed by atoms with Crippen molar-refractivity contribution in [3.8, 4) is 5.75 Å². The van der Waals surface area contributed by atoms with Crippen LogP contribution in [0.15, 0.2) is 73.1 Å². The molecule has 4 rings (SSSR count). The number of amides is 1. The number of hydrogen-bond donors (Lipinski definition) is 1. The van der Waals surface area contributed by atoms with Gasteiger partial charge in [0.25, 0.3) is 5.91 Å². The van der Waals surface area contributed by atoms with Gasteiger partial charge in [0.05, 0.1) is 23.2 Å². The van der Waals surface area contributed by atoms with Crippen molar-refractivity contribution in [3.63, 3.8) is 0 Å². The normalized spacial score (nSPS) is 11.0. The highest BCUT2D eigenvalue weighted by atomic mass is 16.5. The topological polar surface area (TPSA) is 69.0 Å². The van der Waals surface area contributed by atoms with Crippen molar-refractivity contribution in [2.75, 3.05) is 13.2 Å². The minimum atomic E-state index is -0.0917. The highest BCUT2D eigenvalue weighted by Crippen LogP contribution is 2.18. The zero-order chi connectivity index (χ0) is 23.6. The van der Waals surface area contributed by atoms with Gasteiger partial charge in [0.2, 0.25) is 0 Å². The fourth-order valence-electron chi connectivity index (χ4n) is 4.00. The molecule has 0 bridgehead atoms. The number of pyridine rings is 1. The number of rotatable bonds is 12. The minimum Gasteiger partial charge on any atom is -0.494 e. The van der Waals surface area contributed by atoms with E-state index < -0.39 is 0 Å². The van der Waals surface area contributed by atoms with E-state index in [2.05, 4.69) is 52.1 Å². The van der Waals surface area contributed by atoms with E-state index in [-0.39, 0.29) is 5.91 Å². The number of nitrogens with one attached hydrogen (secondary N) is 1. The van der Waals surface area contributed by atoms with Gasteiger partial charge in [0, 0.05) is 31.9 Å². The second-order valence-corrected chi connectivity index (χ2v) is 8.32. The monoisotopic (exact) mass is 456 g/mol. The van der Waals surface area contributed by atoms with Gasteiger partial charge in [-0.2, -0.15) is 0 Å². The maximum Gasteiger partial charge on any atom is 0.252 e. The van der Waals surface area contributed by atoms with Crippen LogP contribution in [0.1, 0.15) is 47.9 Å². The number of ether oxygens (including phenoxy) is 1. The van der Waals surface area contributed by atoms with Gasteiger partial charge in [-0.15, -0.1) is 0 Å². The highest BCUT2D eigenvalue weighted by Gasteiger charge is 2.11. The van der Waals surface area contributed by atoms with Crippen LogP contribution >= 0.6 is 0 Å². The number of unbranched alkanes of at least 4 members (excludes halogenated alkanes) is 1. The predicted octanol–water partition coefficient (Wildman–Crippen LogP) is 5.22. The molecule has 0 radical (unpaired) electrons. The van der Waals surface area contributed by atoms with Crippen molar-refractivity contribution in [2.24, 2.45) is 0 Å². The average Bonchev–Trinajstić information content (AvgIpc) is 3.24. The summed E-state index contributed by atoms with van der Waals surface area (Å²) < 4.78 is 8.23. The van der Waals surface area contributed by atoms with Gasteiger partial charge in [-0.25, -0.2) is 4.98 Å². The Hall–Kier alpha value is -3.67. The van der Waals surface area contributed by atoms with Gasteiger partial charge in [-0.3, -0.25) is 9.78 Å². The molecule has 0 unspecified atom stereocenters. The third-order valence-electron chi connectivity index (χ3n) is 5.90. The molecule has 0 aliphatic rings. The number of aryl methyl sites for hydroxylation is 3. The zero-order valence-corrected chi connectivity index (χ0v) is 19.7. The lowest BCUT2D eigenvalue weighted by Gasteiger charge is -2.11. The lowest BCUT2D eigenvalue weighted by molar-refractivity contribution is 0.0952. The van der Waals surface area contributed by atoms with Crippen LogP contribution in [0, 0.1) is 0 Å². The fraction of sp³-hybridized carbons (Fsp3) is 0.321. The van der Waals surface area contributed by atoms with Crippen LogP contribution in [-0.4, -0.2) is 33.6 Å². The molecule has 4 aromatic rings. The summed E-state index contributed by atoms with van der Waals surface area (Å²) in [4.78, 5) is 21.1. The molecule has 2 aromatic heterocycles. The predicted molar refractivity (Wildman–Crippen MR) is 135 cm³/mol. The molecule has 34 heavy (non-hydrogen) atoms. The van der Waals surface area contributed by atoms with E-state index in [0.717, 1.165) is 61.3 Å². The van der Waals surface area contributed by atoms with Crippen molar-refractivity contribution in [3.05, 3.63) is 90.0 Å². The second kappa shape index (κ2) is 12.0. The SMILES string of the molecule is CCc1ccc(OCCCCn2c(CCCNC(=O)c3cccnc3)nc3ccccc32)cc1.